The molecule has 0 unspecified atom stereocenters. The Morgan fingerprint density at radius 2 is 1.62 bits per heavy atom. The minimum atomic E-state index is -3.55. The number of piperidine rings is 1. The van der Waals surface area contributed by atoms with Crippen LogP contribution in [0, 0.1) is 0 Å². The third-order valence-corrected chi connectivity index (χ3v) is 9.33. The second-order valence-corrected chi connectivity index (χ2v) is 12.1. The van der Waals surface area contributed by atoms with Crippen molar-refractivity contribution in [2.75, 3.05) is 24.2 Å². The van der Waals surface area contributed by atoms with E-state index in [9.17, 15) is 18.0 Å². The minimum Gasteiger partial charge on any atom is -0.296 e. The molecule has 2 aromatic carbocycles. The van der Waals surface area contributed by atoms with E-state index in [4.69, 9.17) is 11.6 Å². The zero-order valence-corrected chi connectivity index (χ0v) is 21.1. The van der Waals surface area contributed by atoms with E-state index in [0.717, 1.165) is 30.6 Å². The highest BCUT2D eigenvalue weighted by Crippen LogP contribution is 2.27. The first kappa shape index (κ1) is 24.8. The van der Waals surface area contributed by atoms with Crippen molar-refractivity contribution in [1.82, 2.24) is 14.5 Å². The van der Waals surface area contributed by atoms with E-state index < -0.39 is 15.9 Å². The van der Waals surface area contributed by atoms with E-state index in [-0.39, 0.29) is 21.6 Å². The van der Waals surface area contributed by atoms with Crippen molar-refractivity contribution >= 4 is 61.5 Å². The van der Waals surface area contributed by atoms with Crippen LogP contribution in [0.3, 0.4) is 0 Å². The van der Waals surface area contributed by atoms with E-state index in [1.54, 1.807) is 24.3 Å². The lowest BCUT2D eigenvalue weighted by atomic mass is 10.1. The van der Waals surface area contributed by atoms with Gasteiger partial charge in [-0.05, 0) is 61.4 Å². The van der Waals surface area contributed by atoms with Gasteiger partial charge in [-0.15, -0.1) is 10.2 Å². The van der Waals surface area contributed by atoms with E-state index in [0.29, 0.717) is 33.6 Å². The molecule has 1 aliphatic heterocycles. The molecule has 0 aliphatic carbocycles. The zero-order valence-electron chi connectivity index (χ0n) is 17.9. The Hall–Kier alpha value is -2.31. The number of amides is 1. The predicted octanol–water partition coefficient (Wildman–Crippen LogP) is 4.59. The molecule has 0 spiro atoms. The quantitative estimate of drug-likeness (QED) is 0.254. The van der Waals surface area contributed by atoms with Gasteiger partial charge in [-0.3, -0.25) is 14.9 Å². The van der Waals surface area contributed by atoms with Crippen LogP contribution in [-0.4, -0.2) is 53.5 Å². The van der Waals surface area contributed by atoms with Gasteiger partial charge in [0.25, 0.3) is 5.91 Å². The van der Waals surface area contributed by atoms with Gasteiger partial charge in [-0.1, -0.05) is 41.1 Å². The molecule has 4 rings (SSSR count). The first-order chi connectivity index (χ1) is 16.3. The number of nitrogens with zero attached hydrogens (tertiary/aromatic N) is 3. The highest BCUT2D eigenvalue weighted by atomic mass is 35.5. The fourth-order valence-electron chi connectivity index (χ4n) is 3.37. The van der Waals surface area contributed by atoms with Crippen LogP contribution in [0.1, 0.15) is 40.0 Å². The summed E-state index contributed by atoms with van der Waals surface area (Å²) in [7, 11) is -3.55. The number of aromatic nitrogens is 2. The van der Waals surface area contributed by atoms with Crippen molar-refractivity contribution < 1.29 is 18.0 Å². The molecule has 1 amide bonds. The number of nitrogens with one attached hydrogen (secondary N) is 1. The molecule has 1 fully saturated rings. The van der Waals surface area contributed by atoms with Gasteiger partial charge in [0.1, 0.15) is 0 Å². The van der Waals surface area contributed by atoms with Crippen LogP contribution in [0.25, 0.3) is 0 Å². The number of hydrogen-bond acceptors (Lipinski definition) is 8. The van der Waals surface area contributed by atoms with Crippen LogP contribution in [0.15, 0.2) is 57.8 Å². The Balaban J connectivity index is 1.33. The summed E-state index contributed by atoms with van der Waals surface area (Å²) in [5.41, 5.74) is 0.862. The monoisotopic (exact) mass is 536 g/mol. The van der Waals surface area contributed by atoms with Gasteiger partial charge in [-0.25, -0.2) is 8.42 Å². The zero-order chi connectivity index (χ0) is 24.1. The first-order valence-electron chi connectivity index (χ1n) is 10.5. The van der Waals surface area contributed by atoms with E-state index in [1.807, 2.05) is 0 Å². The largest absolute Gasteiger partial charge is 0.296 e. The number of thioether (sulfide) groups is 1. The van der Waals surface area contributed by atoms with Crippen molar-refractivity contribution in [2.45, 2.75) is 28.5 Å². The summed E-state index contributed by atoms with van der Waals surface area (Å²) in [5.74, 6) is -0.314. The van der Waals surface area contributed by atoms with Gasteiger partial charge in [-0.2, -0.15) is 4.31 Å². The molecular weight excluding hydrogens is 516 g/mol. The maximum absolute atomic E-state index is 12.8. The Labute approximate surface area is 210 Å². The SMILES string of the molecule is O=C(CSc1nnc(NC(=O)c2ccc(S(=O)(=O)N3CCCCC3)cc2)s1)c1ccc(Cl)cc1. The van der Waals surface area contributed by atoms with Crippen LogP contribution in [0.2, 0.25) is 5.02 Å². The summed E-state index contributed by atoms with van der Waals surface area (Å²) < 4.78 is 27.5. The molecule has 2 heterocycles. The van der Waals surface area contributed by atoms with Gasteiger partial charge >= 0.3 is 0 Å². The fourth-order valence-corrected chi connectivity index (χ4v) is 6.65. The van der Waals surface area contributed by atoms with Crippen molar-refractivity contribution in [2.24, 2.45) is 0 Å². The number of halogens is 1. The number of rotatable bonds is 8. The van der Waals surface area contributed by atoms with Crippen LogP contribution < -0.4 is 5.32 Å². The Bertz CT molecular complexity index is 1270. The number of sulfonamides is 1. The maximum atomic E-state index is 12.8. The average Bonchev–Trinajstić information content (AvgIpc) is 3.30. The lowest BCUT2D eigenvalue weighted by molar-refractivity contribution is 0.101. The van der Waals surface area contributed by atoms with Crippen LogP contribution in [-0.2, 0) is 10.0 Å². The van der Waals surface area contributed by atoms with Crippen LogP contribution >= 0.6 is 34.7 Å². The summed E-state index contributed by atoms with van der Waals surface area (Å²) in [6.45, 7) is 1.04. The highest BCUT2D eigenvalue weighted by molar-refractivity contribution is 8.01. The molecule has 0 bridgehead atoms. The number of benzene rings is 2. The maximum Gasteiger partial charge on any atom is 0.257 e. The first-order valence-corrected chi connectivity index (χ1v) is 14.1. The summed E-state index contributed by atoms with van der Waals surface area (Å²) in [6, 6.07) is 12.5. The van der Waals surface area contributed by atoms with Crippen molar-refractivity contribution in [3.05, 3.63) is 64.7 Å². The minimum absolute atomic E-state index is 0.0675. The number of hydrogen-bond donors (Lipinski definition) is 1. The van der Waals surface area contributed by atoms with Gasteiger partial charge in [0.2, 0.25) is 15.2 Å². The van der Waals surface area contributed by atoms with Gasteiger partial charge in [0.05, 0.1) is 10.6 Å². The summed E-state index contributed by atoms with van der Waals surface area (Å²) in [4.78, 5) is 25.0. The molecule has 8 nitrogen and oxygen atoms in total. The normalized spacial score (nSPS) is 14.6. The Morgan fingerprint density at radius 3 is 2.29 bits per heavy atom. The average molecular weight is 537 g/mol. The van der Waals surface area contributed by atoms with E-state index >= 15 is 0 Å². The van der Waals surface area contributed by atoms with Crippen molar-refractivity contribution in [3.8, 4) is 0 Å². The molecule has 1 N–H and O–H groups in total. The third-order valence-electron chi connectivity index (χ3n) is 5.19. The molecule has 0 radical (unpaired) electrons. The van der Waals surface area contributed by atoms with Crippen LogP contribution in [0.4, 0.5) is 5.13 Å². The molecule has 1 aliphatic rings. The second-order valence-electron chi connectivity index (χ2n) is 7.54. The number of anilines is 1. The van der Waals surface area contributed by atoms with Crippen molar-refractivity contribution in [3.63, 3.8) is 0 Å². The van der Waals surface area contributed by atoms with Gasteiger partial charge in [0, 0.05) is 29.2 Å². The molecule has 178 valence electrons. The molecule has 0 atom stereocenters. The summed E-state index contributed by atoms with van der Waals surface area (Å²) in [6.07, 6.45) is 2.75. The molecular formula is C22H21ClN4O4S3. The van der Waals surface area contributed by atoms with Crippen LogP contribution in [0.5, 0.6) is 0 Å². The molecule has 12 heteroatoms. The summed E-state index contributed by atoms with van der Waals surface area (Å²) in [5, 5.41) is 11.5. The van der Waals surface area contributed by atoms with Crippen molar-refractivity contribution in [1.29, 1.82) is 0 Å². The smallest absolute Gasteiger partial charge is 0.257 e. The molecule has 0 saturated carbocycles. The number of Topliss-reactive ketones (excluding diaryl/α,β-unsaturated/α-hetero) is 1. The standard InChI is InChI=1S/C22H21ClN4O4S3/c23-17-8-4-15(5-9-17)19(28)14-32-22-26-25-21(33-22)24-20(29)16-6-10-18(11-7-16)34(30,31)27-12-2-1-3-13-27/h4-11H,1-3,12-14H2,(H,24,25,29). The van der Waals surface area contributed by atoms with Gasteiger partial charge < -0.3 is 0 Å². The fraction of sp³-hybridized carbons (Fsp3) is 0.273. The Morgan fingerprint density at radius 1 is 0.971 bits per heavy atom. The lowest BCUT2D eigenvalue weighted by Gasteiger charge is -2.25. The third kappa shape index (κ3) is 6.02. The molecule has 1 saturated heterocycles. The summed E-state index contributed by atoms with van der Waals surface area (Å²) >= 11 is 8.23. The number of carbonyl (C=O) groups excluding carboxylic acids is 2. The molecule has 1 aromatic heterocycles. The molecule has 3 aromatic rings. The topological polar surface area (TPSA) is 109 Å². The molecule has 34 heavy (non-hydrogen) atoms. The number of carbonyl (C=O) groups is 2. The number of ketones is 1. The predicted molar refractivity (Wildman–Crippen MR) is 133 cm³/mol. The lowest BCUT2D eigenvalue weighted by Crippen LogP contribution is -2.35. The van der Waals surface area contributed by atoms with Gasteiger partial charge in [0.15, 0.2) is 10.1 Å². The van der Waals surface area contributed by atoms with E-state index in [2.05, 4.69) is 15.5 Å². The van der Waals surface area contributed by atoms with E-state index in [1.165, 1.54) is 40.3 Å². The second kappa shape index (κ2) is 11.0. The Kier molecular flexibility index (Phi) is 7.99. The highest BCUT2D eigenvalue weighted by Gasteiger charge is 2.26.